The molecule has 1 saturated carbocycles. The molecule has 1 aromatic heterocycles. The zero-order valence-electron chi connectivity index (χ0n) is 9.22. The maximum absolute atomic E-state index is 5.77. The molecule has 0 spiro atoms. The average molecular weight is 221 g/mol. The van der Waals surface area contributed by atoms with Gasteiger partial charge in [0, 0.05) is 13.5 Å². The quantitative estimate of drug-likeness (QED) is 0.756. The fourth-order valence-electron chi connectivity index (χ4n) is 1.64. The van der Waals surface area contributed by atoms with Gasteiger partial charge in [0.1, 0.15) is 6.10 Å². The molecule has 5 heteroatoms. The van der Waals surface area contributed by atoms with Crippen molar-refractivity contribution < 1.29 is 9.26 Å². The zero-order valence-corrected chi connectivity index (χ0v) is 9.22. The molecule has 1 heterocycles. The van der Waals surface area contributed by atoms with Crippen LogP contribution in [0.2, 0.25) is 0 Å². The highest BCUT2D eigenvalue weighted by Gasteiger charge is 2.35. The number of nitrogens with two attached hydrogens (primary N) is 1. The molecule has 0 saturated heterocycles. The topological polar surface area (TPSA) is 74.2 Å². The van der Waals surface area contributed by atoms with E-state index in [4.69, 9.17) is 21.4 Å². The second-order valence-electron chi connectivity index (χ2n) is 4.00. The second kappa shape index (κ2) is 4.64. The lowest BCUT2D eigenvalue weighted by Crippen LogP contribution is -2.11. The highest BCUT2D eigenvalue weighted by molar-refractivity contribution is 5.02. The molecule has 2 unspecified atom stereocenters. The van der Waals surface area contributed by atoms with Crippen LogP contribution in [0.5, 0.6) is 0 Å². The van der Waals surface area contributed by atoms with Gasteiger partial charge in [0.05, 0.1) is 6.04 Å². The van der Waals surface area contributed by atoms with Crippen LogP contribution >= 0.6 is 0 Å². The number of aromatic nitrogens is 2. The molecule has 16 heavy (non-hydrogen) atoms. The minimum Gasteiger partial charge on any atom is -0.373 e. The van der Waals surface area contributed by atoms with Gasteiger partial charge in [-0.1, -0.05) is 5.16 Å². The van der Waals surface area contributed by atoms with E-state index in [2.05, 4.69) is 16.1 Å². The number of rotatable bonds is 5. The minimum absolute atomic E-state index is 0.0736. The van der Waals surface area contributed by atoms with Crippen LogP contribution in [0.25, 0.3) is 0 Å². The summed E-state index contributed by atoms with van der Waals surface area (Å²) in [5.41, 5.74) is 5.77. The number of terminal acetylenes is 1. The molecule has 0 aromatic carbocycles. The Balaban J connectivity index is 2.09. The van der Waals surface area contributed by atoms with E-state index in [0.29, 0.717) is 24.1 Å². The largest absolute Gasteiger partial charge is 0.373 e. The smallest absolute Gasteiger partial charge is 0.244 e. The molecule has 2 atom stereocenters. The number of hydrogen-bond donors (Lipinski definition) is 1. The van der Waals surface area contributed by atoms with E-state index in [1.165, 1.54) is 0 Å². The lowest BCUT2D eigenvalue weighted by atomic mass is 10.2. The minimum atomic E-state index is -0.386. The molecule has 5 nitrogen and oxygen atoms in total. The zero-order chi connectivity index (χ0) is 11.5. The molecule has 1 aliphatic carbocycles. The van der Waals surface area contributed by atoms with Gasteiger partial charge in [0.15, 0.2) is 0 Å². The molecule has 1 fully saturated rings. The van der Waals surface area contributed by atoms with Crippen molar-refractivity contribution in [3.63, 3.8) is 0 Å². The van der Waals surface area contributed by atoms with Crippen LogP contribution in [-0.2, 0) is 4.74 Å². The highest BCUT2D eigenvalue weighted by Crippen LogP contribution is 2.42. The number of nitrogens with zero attached hydrogens (tertiary/aromatic N) is 2. The van der Waals surface area contributed by atoms with E-state index in [0.717, 1.165) is 12.8 Å². The molecule has 0 aliphatic heterocycles. The van der Waals surface area contributed by atoms with Crippen LogP contribution in [0.3, 0.4) is 0 Å². The van der Waals surface area contributed by atoms with E-state index in [1.807, 2.05) is 0 Å². The monoisotopic (exact) mass is 221 g/mol. The van der Waals surface area contributed by atoms with Crippen LogP contribution in [-0.4, -0.2) is 17.3 Å². The van der Waals surface area contributed by atoms with Gasteiger partial charge < -0.3 is 15.0 Å². The Morgan fingerprint density at radius 2 is 2.44 bits per heavy atom. The average Bonchev–Trinajstić information content (AvgIpc) is 2.97. The van der Waals surface area contributed by atoms with Crippen LogP contribution in [0.15, 0.2) is 4.52 Å². The lowest BCUT2D eigenvalue weighted by Gasteiger charge is -2.08. The summed E-state index contributed by atoms with van der Waals surface area (Å²) in [5.74, 6) is 3.94. The van der Waals surface area contributed by atoms with Crippen molar-refractivity contribution in [3.05, 3.63) is 11.7 Å². The van der Waals surface area contributed by atoms with E-state index in [9.17, 15) is 0 Å². The summed E-state index contributed by atoms with van der Waals surface area (Å²) >= 11 is 0. The third-order valence-corrected chi connectivity index (χ3v) is 2.67. The number of hydrogen-bond acceptors (Lipinski definition) is 5. The SMILES string of the molecule is C#CCC(N)c1nc(C(OC)C2CC2)no1. The Kier molecular flexibility index (Phi) is 3.22. The maximum Gasteiger partial charge on any atom is 0.244 e. The van der Waals surface area contributed by atoms with Gasteiger partial charge in [-0.25, -0.2) is 0 Å². The van der Waals surface area contributed by atoms with Crippen LogP contribution < -0.4 is 5.73 Å². The first kappa shape index (κ1) is 11.1. The standard InChI is InChI=1S/C11H15N3O2/c1-3-4-8(12)11-13-10(14-16-11)9(15-2)7-5-6-7/h1,7-9H,4-6,12H2,2H3. The fraction of sp³-hybridized carbons (Fsp3) is 0.636. The van der Waals surface area contributed by atoms with E-state index < -0.39 is 0 Å². The summed E-state index contributed by atoms with van der Waals surface area (Å²) in [5, 5.41) is 3.89. The van der Waals surface area contributed by atoms with Crippen LogP contribution in [0, 0.1) is 18.3 Å². The first-order valence-corrected chi connectivity index (χ1v) is 5.31. The van der Waals surface area contributed by atoms with Crippen LogP contribution in [0.4, 0.5) is 0 Å². The predicted molar refractivity (Wildman–Crippen MR) is 57.2 cm³/mol. The summed E-state index contributed by atoms with van der Waals surface area (Å²) < 4.78 is 10.4. The Hall–Kier alpha value is -1.38. The van der Waals surface area contributed by atoms with Crippen molar-refractivity contribution in [3.8, 4) is 12.3 Å². The molecule has 0 radical (unpaired) electrons. The van der Waals surface area contributed by atoms with Gasteiger partial charge in [-0.3, -0.25) is 0 Å². The molecule has 1 aliphatic rings. The van der Waals surface area contributed by atoms with Gasteiger partial charge in [0.25, 0.3) is 0 Å². The molecule has 0 amide bonds. The predicted octanol–water partition coefficient (Wildman–Crippen LogP) is 1.19. The third kappa shape index (κ3) is 2.23. The molecular weight excluding hydrogens is 206 g/mol. The van der Waals surface area contributed by atoms with Crippen molar-refractivity contribution in [1.82, 2.24) is 10.1 Å². The molecular formula is C11H15N3O2. The van der Waals surface area contributed by atoms with Crippen molar-refractivity contribution in [1.29, 1.82) is 0 Å². The lowest BCUT2D eigenvalue weighted by molar-refractivity contribution is 0.0751. The number of ether oxygens (including phenoxy) is 1. The van der Waals surface area contributed by atoms with Crippen molar-refractivity contribution >= 4 is 0 Å². The summed E-state index contributed by atoms with van der Waals surface area (Å²) in [7, 11) is 1.65. The second-order valence-corrected chi connectivity index (χ2v) is 4.00. The molecule has 1 aromatic rings. The number of methoxy groups -OCH3 is 1. The first-order chi connectivity index (χ1) is 7.76. The molecule has 0 bridgehead atoms. The Morgan fingerprint density at radius 1 is 1.69 bits per heavy atom. The molecule has 2 rings (SSSR count). The van der Waals surface area contributed by atoms with Crippen LogP contribution in [0.1, 0.15) is 43.1 Å². The van der Waals surface area contributed by atoms with Crippen molar-refractivity contribution in [2.24, 2.45) is 11.7 Å². The van der Waals surface area contributed by atoms with Gasteiger partial charge in [0.2, 0.25) is 11.7 Å². The summed E-state index contributed by atoms with van der Waals surface area (Å²) in [6.45, 7) is 0. The Labute approximate surface area is 94.3 Å². The third-order valence-electron chi connectivity index (χ3n) is 2.67. The maximum atomic E-state index is 5.77. The van der Waals surface area contributed by atoms with E-state index in [-0.39, 0.29) is 12.1 Å². The van der Waals surface area contributed by atoms with Crippen molar-refractivity contribution in [2.75, 3.05) is 7.11 Å². The summed E-state index contributed by atoms with van der Waals surface area (Å²) in [4.78, 5) is 4.24. The van der Waals surface area contributed by atoms with Gasteiger partial charge in [-0.15, -0.1) is 12.3 Å². The molecule has 86 valence electrons. The normalized spacial score (nSPS) is 19.1. The van der Waals surface area contributed by atoms with Gasteiger partial charge in [-0.2, -0.15) is 4.98 Å². The summed E-state index contributed by atoms with van der Waals surface area (Å²) in [6.07, 6.45) is 7.79. The highest BCUT2D eigenvalue weighted by atomic mass is 16.5. The van der Waals surface area contributed by atoms with E-state index >= 15 is 0 Å². The molecule has 2 N–H and O–H groups in total. The first-order valence-electron chi connectivity index (χ1n) is 5.31. The van der Waals surface area contributed by atoms with Crippen molar-refractivity contribution in [2.45, 2.75) is 31.4 Å². The van der Waals surface area contributed by atoms with Gasteiger partial charge >= 0.3 is 0 Å². The van der Waals surface area contributed by atoms with Gasteiger partial charge in [-0.05, 0) is 18.8 Å². The Bertz CT molecular complexity index is 392. The Morgan fingerprint density at radius 3 is 3.00 bits per heavy atom. The summed E-state index contributed by atoms with van der Waals surface area (Å²) in [6, 6.07) is -0.386. The fourth-order valence-corrected chi connectivity index (χ4v) is 1.64. The van der Waals surface area contributed by atoms with E-state index in [1.54, 1.807) is 7.11 Å².